The number of unbranched alkanes of at least 4 members (excludes halogenated alkanes) is 1. The Morgan fingerprint density at radius 1 is 1.32 bits per heavy atom. The summed E-state index contributed by atoms with van der Waals surface area (Å²) in [4.78, 5) is 4.15. The van der Waals surface area contributed by atoms with E-state index in [1.54, 1.807) is 13.2 Å². The molecule has 0 fully saturated rings. The lowest BCUT2D eigenvalue weighted by molar-refractivity contribution is 0.457. The number of nitrogens with zero attached hydrogens (tertiary/aromatic N) is 2. The summed E-state index contributed by atoms with van der Waals surface area (Å²) >= 11 is 0. The van der Waals surface area contributed by atoms with Gasteiger partial charge in [-0.05, 0) is 17.7 Å². The third-order valence-corrected chi connectivity index (χ3v) is 7.08. The number of hydrogen-bond acceptors (Lipinski definition) is 3. The van der Waals surface area contributed by atoms with Crippen LogP contribution in [0, 0.1) is 0 Å². The maximum absolute atomic E-state index is 12.6. The summed E-state index contributed by atoms with van der Waals surface area (Å²) in [5.41, 5.74) is 0. The second-order valence-electron chi connectivity index (χ2n) is 5.79. The largest absolute Gasteiger partial charge is 0.260 e. The van der Waals surface area contributed by atoms with Gasteiger partial charge in [0.15, 0.2) is 5.03 Å². The molecular formula is C13H24N2O2SSi. The second kappa shape index (κ2) is 6.15. The Morgan fingerprint density at radius 3 is 2.47 bits per heavy atom. The van der Waals surface area contributed by atoms with Crippen molar-refractivity contribution in [3.05, 3.63) is 18.3 Å². The zero-order valence-electron chi connectivity index (χ0n) is 12.5. The normalized spacial score (nSPS) is 12.9. The van der Waals surface area contributed by atoms with E-state index in [1.807, 2.05) is 12.1 Å². The van der Waals surface area contributed by atoms with E-state index in [9.17, 15) is 8.42 Å². The minimum absolute atomic E-state index is 0.243. The summed E-state index contributed by atoms with van der Waals surface area (Å²) in [6.45, 7) is 8.99. The first-order chi connectivity index (χ1) is 8.71. The van der Waals surface area contributed by atoms with Gasteiger partial charge >= 0.3 is 0 Å². The first-order valence-corrected chi connectivity index (χ1v) is 11.6. The van der Waals surface area contributed by atoms with Gasteiger partial charge in [-0.25, -0.2) is 13.4 Å². The van der Waals surface area contributed by atoms with Crippen LogP contribution >= 0.6 is 0 Å². The highest BCUT2D eigenvalue weighted by Gasteiger charge is 2.30. The molecular weight excluding hydrogens is 276 g/mol. The Morgan fingerprint density at radius 2 is 1.95 bits per heavy atom. The number of aromatic nitrogens is 1. The van der Waals surface area contributed by atoms with E-state index >= 15 is 0 Å². The van der Waals surface area contributed by atoms with Crippen LogP contribution in [-0.2, 0) is 10.0 Å². The number of rotatable bonds is 6. The van der Waals surface area contributed by atoms with E-state index in [0.717, 1.165) is 18.0 Å². The van der Waals surface area contributed by atoms with Crippen molar-refractivity contribution in [1.82, 2.24) is 9.29 Å². The van der Waals surface area contributed by atoms with Crippen LogP contribution in [0.15, 0.2) is 23.4 Å². The van der Waals surface area contributed by atoms with Crippen molar-refractivity contribution in [2.75, 3.05) is 13.6 Å². The molecule has 1 rings (SSSR count). The molecule has 108 valence electrons. The molecule has 1 aromatic rings. The van der Waals surface area contributed by atoms with Gasteiger partial charge in [0.25, 0.3) is 10.0 Å². The lowest BCUT2D eigenvalue weighted by Crippen LogP contribution is -2.44. The molecule has 1 aromatic heterocycles. The Bertz CT molecular complexity index is 524. The summed E-state index contributed by atoms with van der Waals surface area (Å²) in [5, 5.41) is 1.14. The summed E-state index contributed by atoms with van der Waals surface area (Å²) < 4.78 is 26.6. The zero-order chi connectivity index (χ0) is 14.7. The van der Waals surface area contributed by atoms with E-state index < -0.39 is 18.1 Å². The van der Waals surface area contributed by atoms with Gasteiger partial charge in [0, 0.05) is 19.8 Å². The molecule has 0 bridgehead atoms. The summed E-state index contributed by atoms with van der Waals surface area (Å²) in [6.07, 6.45) is 3.40. The highest BCUT2D eigenvalue weighted by molar-refractivity contribution is 7.89. The molecule has 0 saturated carbocycles. The van der Waals surface area contributed by atoms with Crippen molar-refractivity contribution in [3.8, 4) is 0 Å². The lowest BCUT2D eigenvalue weighted by atomic mass is 10.3. The fourth-order valence-corrected chi connectivity index (χ4v) is 5.63. The van der Waals surface area contributed by atoms with Crippen LogP contribution in [-0.4, -0.2) is 39.4 Å². The topological polar surface area (TPSA) is 50.3 Å². The molecule has 0 saturated heterocycles. The van der Waals surface area contributed by atoms with Crippen LogP contribution in [0.5, 0.6) is 0 Å². The number of pyridine rings is 1. The van der Waals surface area contributed by atoms with Crippen LogP contribution in [0.2, 0.25) is 19.6 Å². The highest BCUT2D eigenvalue weighted by Crippen LogP contribution is 2.14. The van der Waals surface area contributed by atoms with Gasteiger partial charge in [-0.2, -0.15) is 4.31 Å². The number of sulfonamides is 1. The first-order valence-electron chi connectivity index (χ1n) is 6.63. The molecule has 4 nitrogen and oxygen atoms in total. The molecule has 0 aliphatic heterocycles. The van der Waals surface area contributed by atoms with Gasteiger partial charge < -0.3 is 0 Å². The average Bonchev–Trinajstić information content (AvgIpc) is 2.34. The van der Waals surface area contributed by atoms with Crippen molar-refractivity contribution >= 4 is 23.3 Å². The van der Waals surface area contributed by atoms with E-state index in [2.05, 4.69) is 31.5 Å². The molecule has 6 heteroatoms. The van der Waals surface area contributed by atoms with E-state index in [4.69, 9.17) is 0 Å². The molecule has 1 heterocycles. The van der Waals surface area contributed by atoms with Gasteiger partial charge in [-0.3, -0.25) is 0 Å². The third kappa shape index (κ3) is 3.87. The van der Waals surface area contributed by atoms with Gasteiger partial charge in [0.05, 0.1) is 8.07 Å². The van der Waals surface area contributed by atoms with Gasteiger partial charge in [-0.1, -0.05) is 39.1 Å². The highest BCUT2D eigenvalue weighted by atomic mass is 32.2. The molecule has 0 aliphatic carbocycles. The monoisotopic (exact) mass is 300 g/mol. The second-order valence-corrected chi connectivity index (χ2v) is 12.8. The van der Waals surface area contributed by atoms with Crippen LogP contribution in [0.4, 0.5) is 0 Å². The van der Waals surface area contributed by atoms with Crippen LogP contribution < -0.4 is 5.19 Å². The summed E-state index contributed by atoms with van der Waals surface area (Å²) in [6, 6.07) is 3.72. The van der Waals surface area contributed by atoms with Gasteiger partial charge in [0.1, 0.15) is 0 Å². The smallest absolute Gasteiger partial charge is 0.244 e. The predicted molar refractivity (Wildman–Crippen MR) is 81.9 cm³/mol. The molecule has 19 heavy (non-hydrogen) atoms. The number of hydrogen-bond donors (Lipinski definition) is 0. The van der Waals surface area contributed by atoms with Crippen LogP contribution in [0.25, 0.3) is 0 Å². The van der Waals surface area contributed by atoms with Crippen molar-refractivity contribution in [2.45, 2.75) is 44.4 Å². The molecule has 0 radical (unpaired) electrons. The van der Waals surface area contributed by atoms with Crippen molar-refractivity contribution in [1.29, 1.82) is 0 Å². The Labute approximate surface area is 117 Å². The lowest BCUT2D eigenvalue weighted by Gasteiger charge is -2.23. The Balaban J connectivity index is 3.22. The third-order valence-electron chi connectivity index (χ3n) is 3.06. The Kier molecular flexibility index (Phi) is 5.29. The van der Waals surface area contributed by atoms with Crippen LogP contribution in [0.3, 0.4) is 0 Å². The molecule has 0 unspecified atom stereocenters. The average molecular weight is 301 g/mol. The Hall–Kier alpha value is -0.723. The van der Waals surface area contributed by atoms with E-state index in [-0.39, 0.29) is 5.03 Å². The van der Waals surface area contributed by atoms with Crippen molar-refractivity contribution < 1.29 is 8.42 Å². The summed E-state index contributed by atoms with van der Waals surface area (Å²) in [5.74, 6) is 0. The van der Waals surface area contributed by atoms with Crippen molar-refractivity contribution in [2.24, 2.45) is 0 Å². The molecule has 0 aliphatic rings. The van der Waals surface area contributed by atoms with Gasteiger partial charge in [0.2, 0.25) is 0 Å². The van der Waals surface area contributed by atoms with Crippen molar-refractivity contribution in [3.63, 3.8) is 0 Å². The fourth-order valence-electron chi connectivity index (χ4n) is 1.82. The minimum atomic E-state index is -3.47. The molecule has 0 atom stereocenters. The SMILES string of the molecule is CCCCN(C)S(=O)(=O)c1ncccc1[Si](C)(C)C. The quantitative estimate of drug-likeness (QED) is 0.756. The standard InChI is InChI=1S/C13H24N2O2SSi/c1-6-7-11-15(2)18(16,17)13-12(19(3,4)5)9-8-10-14-13/h8-10H,6-7,11H2,1-5H3. The molecule has 0 aromatic carbocycles. The summed E-state index contributed by atoms with van der Waals surface area (Å²) in [7, 11) is -3.57. The minimum Gasteiger partial charge on any atom is -0.244 e. The molecule has 0 spiro atoms. The molecule has 0 amide bonds. The maximum Gasteiger partial charge on any atom is 0.260 e. The molecule has 0 N–H and O–H groups in total. The van der Waals surface area contributed by atoms with E-state index in [0.29, 0.717) is 6.54 Å². The first kappa shape index (κ1) is 16.3. The predicted octanol–water partition coefficient (Wildman–Crippen LogP) is 2.05. The fraction of sp³-hybridized carbons (Fsp3) is 0.615. The maximum atomic E-state index is 12.6. The van der Waals surface area contributed by atoms with E-state index in [1.165, 1.54) is 4.31 Å². The van der Waals surface area contributed by atoms with Crippen LogP contribution in [0.1, 0.15) is 19.8 Å². The zero-order valence-corrected chi connectivity index (χ0v) is 14.3. The van der Waals surface area contributed by atoms with Gasteiger partial charge in [-0.15, -0.1) is 0 Å².